The number of hydrogen-bond donors (Lipinski definition) is 1. The summed E-state index contributed by atoms with van der Waals surface area (Å²) in [6.45, 7) is 0. The predicted molar refractivity (Wildman–Crippen MR) is 83.1 cm³/mol. The molecule has 1 heterocycles. The molecule has 2 nitrogen and oxygen atoms in total. The van der Waals surface area contributed by atoms with Gasteiger partial charge in [-0.3, -0.25) is 0 Å². The smallest absolute Gasteiger partial charge is 0.149 e. The summed E-state index contributed by atoms with van der Waals surface area (Å²) in [7, 11) is 0. The highest BCUT2D eigenvalue weighted by atomic mass is 79.9. The molecule has 1 aromatic carbocycles. The van der Waals surface area contributed by atoms with Crippen molar-refractivity contribution in [3.05, 3.63) is 48.5 Å². The third-order valence-electron chi connectivity index (χ3n) is 2.25. The zero-order chi connectivity index (χ0) is 13.1. The van der Waals surface area contributed by atoms with Gasteiger partial charge in [0.1, 0.15) is 6.04 Å². The second kappa shape index (κ2) is 6.07. The van der Waals surface area contributed by atoms with Crippen molar-refractivity contribution in [2.75, 3.05) is 5.32 Å². The van der Waals surface area contributed by atoms with E-state index < -0.39 is 6.04 Å². The fourth-order valence-electron chi connectivity index (χ4n) is 1.41. The van der Waals surface area contributed by atoms with Crippen LogP contribution in [0.5, 0.6) is 0 Å². The zero-order valence-corrected chi connectivity index (χ0v) is 13.7. The Hall–Kier alpha value is -0.540. The highest BCUT2D eigenvalue weighted by Crippen LogP contribution is 2.37. The maximum absolute atomic E-state index is 9.25. The van der Waals surface area contributed by atoms with Crippen molar-refractivity contribution in [3.63, 3.8) is 0 Å². The lowest BCUT2D eigenvalue weighted by molar-refractivity contribution is 1.03. The van der Waals surface area contributed by atoms with Crippen LogP contribution in [0.25, 0.3) is 0 Å². The summed E-state index contributed by atoms with van der Waals surface area (Å²) in [5, 5.41) is 13.0. The molecule has 0 aliphatic carbocycles. The molecule has 0 saturated carbocycles. The van der Waals surface area contributed by atoms with Crippen LogP contribution in [0.3, 0.4) is 0 Å². The van der Waals surface area contributed by atoms with E-state index in [1.807, 2.05) is 24.3 Å². The molecule has 0 radical (unpaired) electrons. The minimum absolute atomic E-state index is 0.419. The Kier molecular flexibility index (Phi) is 4.68. The van der Waals surface area contributed by atoms with E-state index in [2.05, 4.69) is 43.2 Å². The second-order valence-electron chi connectivity index (χ2n) is 3.46. The predicted octanol–water partition coefficient (Wildman–Crippen LogP) is 5.60. The summed E-state index contributed by atoms with van der Waals surface area (Å²) in [5.41, 5.74) is 0.756. The first-order valence-corrected chi connectivity index (χ1v) is 7.75. The summed E-state index contributed by atoms with van der Waals surface area (Å²) < 4.78 is 1.92. The van der Waals surface area contributed by atoms with Crippen molar-refractivity contribution in [1.29, 1.82) is 5.26 Å². The van der Waals surface area contributed by atoms with Gasteiger partial charge in [0.05, 0.1) is 20.6 Å². The maximum Gasteiger partial charge on any atom is 0.149 e. The standard InChI is InChI=1S/C12H7Br2ClN2S/c13-7-5-11(18-12(7)14)10(6-16)17-9-4-2-1-3-8(9)15/h1-5,10,17H. The molecular formula is C12H7Br2ClN2S. The van der Waals surface area contributed by atoms with Crippen molar-refractivity contribution in [3.8, 4) is 6.07 Å². The Morgan fingerprint density at radius 1 is 1.33 bits per heavy atom. The Morgan fingerprint density at radius 3 is 2.61 bits per heavy atom. The van der Waals surface area contributed by atoms with E-state index in [0.29, 0.717) is 5.02 Å². The van der Waals surface area contributed by atoms with Crippen LogP contribution in [0.15, 0.2) is 38.6 Å². The van der Waals surface area contributed by atoms with Gasteiger partial charge < -0.3 is 5.32 Å². The molecule has 1 atom stereocenters. The summed E-state index contributed by atoms with van der Waals surface area (Å²) in [6, 6.07) is 11.1. The average molecular weight is 407 g/mol. The Labute approximate surface area is 131 Å². The minimum Gasteiger partial charge on any atom is -0.364 e. The van der Waals surface area contributed by atoms with Crippen LogP contribution < -0.4 is 5.32 Å². The van der Waals surface area contributed by atoms with Gasteiger partial charge in [-0.25, -0.2) is 0 Å². The third-order valence-corrected chi connectivity index (χ3v) is 5.90. The molecule has 1 unspecified atom stereocenters. The highest BCUT2D eigenvalue weighted by Gasteiger charge is 2.16. The van der Waals surface area contributed by atoms with Crippen LogP contribution in [0.4, 0.5) is 5.69 Å². The molecule has 0 bridgehead atoms. The topological polar surface area (TPSA) is 35.8 Å². The lowest BCUT2D eigenvalue weighted by atomic mass is 10.2. The summed E-state index contributed by atoms with van der Waals surface area (Å²) in [5.74, 6) is 0. The summed E-state index contributed by atoms with van der Waals surface area (Å²) in [6.07, 6.45) is 0. The van der Waals surface area contributed by atoms with E-state index in [1.165, 1.54) is 11.3 Å². The van der Waals surface area contributed by atoms with Crippen LogP contribution in [0, 0.1) is 11.3 Å². The molecule has 0 fully saturated rings. The van der Waals surface area contributed by atoms with Crippen molar-refractivity contribution < 1.29 is 0 Å². The number of nitrogens with zero attached hydrogens (tertiary/aromatic N) is 1. The van der Waals surface area contributed by atoms with E-state index in [-0.39, 0.29) is 0 Å². The molecule has 1 aromatic heterocycles. The normalized spacial score (nSPS) is 11.9. The van der Waals surface area contributed by atoms with Crippen LogP contribution in [0.1, 0.15) is 10.9 Å². The van der Waals surface area contributed by atoms with Crippen LogP contribution in [0.2, 0.25) is 5.02 Å². The van der Waals surface area contributed by atoms with Crippen molar-refractivity contribution in [2.24, 2.45) is 0 Å². The number of thiophene rings is 1. The molecule has 0 saturated heterocycles. The van der Waals surface area contributed by atoms with Crippen LogP contribution >= 0.6 is 54.8 Å². The van der Waals surface area contributed by atoms with E-state index in [4.69, 9.17) is 11.6 Å². The van der Waals surface area contributed by atoms with Gasteiger partial charge >= 0.3 is 0 Å². The van der Waals surface area contributed by atoms with Gasteiger partial charge in [0, 0.05) is 9.35 Å². The number of hydrogen-bond acceptors (Lipinski definition) is 3. The monoisotopic (exact) mass is 404 g/mol. The number of anilines is 1. The molecule has 6 heteroatoms. The van der Waals surface area contributed by atoms with Gasteiger partial charge in [-0.15, -0.1) is 11.3 Å². The molecule has 0 aliphatic rings. The Bertz CT molecular complexity index is 587. The molecule has 0 spiro atoms. The van der Waals surface area contributed by atoms with Crippen LogP contribution in [-0.2, 0) is 0 Å². The number of halogens is 3. The van der Waals surface area contributed by atoms with Gasteiger partial charge in [0.15, 0.2) is 0 Å². The van der Waals surface area contributed by atoms with Crippen molar-refractivity contribution >= 4 is 60.5 Å². The number of nitrogens with one attached hydrogen (secondary N) is 1. The fraction of sp³-hybridized carbons (Fsp3) is 0.0833. The number of rotatable bonds is 3. The van der Waals surface area contributed by atoms with Crippen LogP contribution in [-0.4, -0.2) is 0 Å². The first-order chi connectivity index (χ1) is 8.61. The van der Waals surface area contributed by atoms with Crippen molar-refractivity contribution in [2.45, 2.75) is 6.04 Å². The average Bonchev–Trinajstić information content (AvgIpc) is 2.68. The van der Waals surface area contributed by atoms with E-state index in [9.17, 15) is 5.26 Å². The maximum atomic E-state index is 9.25. The van der Waals surface area contributed by atoms with Crippen molar-refractivity contribution in [1.82, 2.24) is 0 Å². The number of para-hydroxylation sites is 1. The fourth-order valence-corrected chi connectivity index (χ4v) is 3.68. The SMILES string of the molecule is N#CC(Nc1ccccc1Cl)c1cc(Br)c(Br)s1. The number of benzene rings is 1. The van der Waals surface area contributed by atoms with E-state index >= 15 is 0 Å². The highest BCUT2D eigenvalue weighted by molar-refractivity contribution is 9.13. The molecule has 0 aliphatic heterocycles. The summed E-state index contributed by atoms with van der Waals surface area (Å²) >= 11 is 14.4. The molecular weight excluding hydrogens is 399 g/mol. The molecule has 92 valence electrons. The van der Waals surface area contributed by atoms with Gasteiger partial charge in [0.2, 0.25) is 0 Å². The minimum atomic E-state index is -0.419. The van der Waals surface area contributed by atoms with Gasteiger partial charge in [-0.05, 0) is 50.1 Å². The Balaban J connectivity index is 2.26. The Morgan fingerprint density at radius 2 is 2.06 bits per heavy atom. The first-order valence-electron chi connectivity index (χ1n) is 4.97. The molecule has 2 aromatic rings. The first kappa shape index (κ1) is 13.9. The molecule has 1 N–H and O–H groups in total. The molecule has 2 rings (SSSR count). The largest absolute Gasteiger partial charge is 0.364 e. The lowest BCUT2D eigenvalue weighted by Crippen LogP contribution is -2.06. The van der Waals surface area contributed by atoms with Gasteiger partial charge in [-0.2, -0.15) is 5.26 Å². The lowest BCUT2D eigenvalue weighted by Gasteiger charge is -2.12. The van der Waals surface area contributed by atoms with Gasteiger partial charge in [-0.1, -0.05) is 23.7 Å². The second-order valence-corrected chi connectivity index (χ2v) is 7.12. The quantitative estimate of drug-likeness (QED) is 0.720. The molecule has 0 amide bonds. The van der Waals surface area contributed by atoms with E-state index in [0.717, 1.165) is 18.8 Å². The molecule has 18 heavy (non-hydrogen) atoms. The van der Waals surface area contributed by atoms with Gasteiger partial charge in [0.25, 0.3) is 0 Å². The summed E-state index contributed by atoms with van der Waals surface area (Å²) in [4.78, 5) is 0.927. The third kappa shape index (κ3) is 3.07. The number of nitriles is 1. The van der Waals surface area contributed by atoms with E-state index in [1.54, 1.807) is 6.07 Å². The zero-order valence-electron chi connectivity index (χ0n) is 8.95.